The molecule has 0 radical (unpaired) electrons. The number of imide groups is 1. The van der Waals surface area contributed by atoms with Gasteiger partial charge in [0.1, 0.15) is 0 Å². The molecule has 1 aromatic carbocycles. The lowest BCUT2D eigenvalue weighted by Crippen LogP contribution is -2.29. The molecular weight excluding hydrogens is 337 g/mol. The third-order valence-electron chi connectivity index (χ3n) is 4.05. The number of carbonyl (C=O) groups excluding carboxylic acids is 2. The number of anilines is 1. The van der Waals surface area contributed by atoms with Crippen LogP contribution in [0.1, 0.15) is 32.0 Å². The maximum absolute atomic E-state index is 12.9. The number of halogens is 3. The molecule has 3 aromatic rings. The molecule has 6 nitrogen and oxygen atoms in total. The molecule has 1 N–H and O–H groups in total. The van der Waals surface area contributed by atoms with Gasteiger partial charge in [0, 0.05) is 11.9 Å². The Morgan fingerprint density at radius 1 is 1.16 bits per heavy atom. The fraction of sp³-hybridized carbons (Fsp3) is 0.125. The number of amides is 2. The van der Waals surface area contributed by atoms with Crippen molar-refractivity contribution in [2.75, 3.05) is 4.90 Å². The molecule has 1 aliphatic rings. The van der Waals surface area contributed by atoms with E-state index >= 15 is 0 Å². The van der Waals surface area contributed by atoms with Crippen molar-refractivity contribution < 1.29 is 22.8 Å². The molecule has 0 saturated carbocycles. The van der Waals surface area contributed by atoms with E-state index in [9.17, 15) is 22.8 Å². The molecule has 9 heteroatoms. The summed E-state index contributed by atoms with van der Waals surface area (Å²) in [7, 11) is 0. The number of carbonyl (C=O) groups is 2. The molecular formula is C16H9F3N4O2. The Bertz CT molecular complexity index is 1060. The number of nitrogens with one attached hydrogen (secondary N) is 1. The van der Waals surface area contributed by atoms with Gasteiger partial charge in [-0.1, -0.05) is 6.07 Å². The van der Waals surface area contributed by atoms with Gasteiger partial charge < -0.3 is 0 Å². The van der Waals surface area contributed by atoms with Crippen LogP contribution >= 0.6 is 0 Å². The minimum atomic E-state index is -4.58. The first-order chi connectivity index (χ1) is 11.8. The highest BCUT2D eigenvalue weighted by Crippen LogP contribution is 2.36. The number of aromatic nitrogens is 3. The molecule has 0 spiro atoms. The normalized spacial score (nSPS) is 14.5. The SMILES string of the molecule is Cc1[nH]nc2ncc3c(c12)C(=O)N(c1cccc(C(F)(F)F)c1)C3=O. The van der Waals surface area contributed by atoms with Crippen LogP contribution in [0.3, 0.4) is 0 Å². The van der Waals surface area contributed by atoms with Crippen molar-refractivity contribution in [1.82, 2.24) is 15.2 Å². The smallest absolute Gasteiger partial charge is 0.280 e. The highest BCUT2D eigenvalue weighted by atomic mass is 19.4. The third-order valence-corrected chi connectivity index (χ3v) is 4.05. The number of hydrogen-bond acceptors (Lipinski definition) is 4. The largest absolute Gasteiger partial charge is 0.416 e. The number of fused-ring (bicyclic) bond motifs is 3. The van der Waals surface area contributed by atoms with Crippen molar-refractivity contribution in [2.24, 2.45) is 0 Å². The molecule has 0 aliphatic carbocycles. The van der Waals surface area contributed by atoms with Gasteiger partial charge in [-0.05, 0) is 25.1 Å². The van der Waals surface area contributed by atoms with E-state index in [2.05, 4.69) is 15.2 Å². The van der Waals surface area contributed by atoms with Gasteiger partial charge in [-0.25, -0.2) is 9.88 Å². The fourth-order valence-corrected chi connectivity index (χ4v) is 2.90. The summed E-state index contributed by atoms with van der Waals surface area (Å²) < 4.78 is 38.8. The number of aromatic amines is 1. The zero-order chi connectivity index (χ0) is 17.9. The monoisotopic (exact) mass is 346 g/mol. The van der Waals surface area contributed by atoms with E-state index in [1.807, 2.05) is 0 Å². The number of benzene rings is 1. The van der Waals surface area contributed by atoms with Gasteiger partial charge in [0.25, 0.3) is 11.8 Å². The number of rotatable bonds is 1. The summed E-state index contributed by atoms with van der Waals surface area (Å²) in [6, 6.07) is 4.08. The average Bonchev–Trinajstić information content (AvgIpc) is 3.05. The molecule has 0 atom stereocenters. The van der Waals surface area contributed by atoms with Gasteiger partial charge in [0.2, 0.25) is 0 Å². The van der Waals surface area contributed by atoms with E-state index in [0.717, 1.165) is 23.1 Å². The molecule has 0 saturated heterocycles. The number of hydrogen-bond donors (Lipinski definition) is 1. The number of nitrogens with zero attached hydrogens (tertiary/aromatic N) is 3. The highest BCUT2D eigenvalue weighted by Gasteiger charge is 2.40. The maximum atomic E-state index is 12.9. The molecule has 2 aromatic heterocycles. The van der Waals surface area contributed by atoms with Crippen LogP contribution in [-0.2, 0) is 6.18 Å². The molecule has 0 bridgehead atoms. The summed E-state index contributed by atoms with van der Waals surface area (Å²) in [5, 5.41) is 7.01. The minimum absolute atomic E-state index is 0.0411. The first-order valence-corrected chi connectivity index (χ1v) is 7.19. The first kappa shape index (κ1) is 15.3. The first-order valence-electron chi connectivity index (χ1n) is 7.19. The van der Waals surface area contributed by atoms with E-state index in [-0.39, 0.29) is 22.5 Å². The maximum Gasteiger partial charge on any atom is 0.416 e. The average molecular weight is 346 g/mol. The second-order valence-corrected chi connectivity index (χ2v) is 5.59. The lowest BCUT2D eigenvalue weighted by molar-refractivity contribution is -0.137. The van der Waals surface area contributed by atoms with Crippen LogP contribution in [0.5, 0.6) is 0 Å². The molecule has 3 heterocycles. The van der Waals surface area contributed by atoms with Crippen molar-refractivity contribution in [3.63, 3.8) is 0 Å². The summed E-state index contributed by atoms with van der Waals surface area (Å²) in [5.41, 5.74) is -0.132. The summed E-state index contributed by atoms with van der Waals surface area (Å²) in [4.78, 5) is 30.1. The zero-order valence-corrected chi connectivity index (χ0v) is 12.7. The predicted molar refractivity (Wildman–Crippen MR) is 81.2 cm³/mol. The number of pyridine rings is 1. The highest BCUT2D eigenvalue weighted by molar-refractivity contribution is 6.37. The molecule has 0 unspecified atom stereocenters. The minimum Gasteiger partial charge on any atom is -0.280 e. The Morgan fingerprint density at radius 3 is 2.64 bits per heavy atom. The van der Waals surface area contributed by atoms with Crippen LogP contribution in [0.4, 0.5) is 18.9 Å². The molecule has 25 heavy (non-hydrogen) atoms. The van der Waals surface area contributed by atoms with Gasteiger partial charge in [0.15, 0.2) is 5.65 Å². The lowest BCUT2D eigenvalue weighted by atomic mass is 10.1. The third kappa shape index (κ3) is 2.12. The van der Waals surface area contributed by atoms with Gasteiger partial charge in [-0.3, -0.25) is 14.7 Å². The Labute approximate surface area is 138 Å². The van der Waals surface area contributed by atoms with Crippen molar-refractivity contribution in [2.45, 2.75) is 13.1 Å². The van der Waals surface area contributed by atoms with Crippen LogP contribution in [0.2, 0.25) is 0 Å². The summed E-state index contributed by atoms with van der Waals surface area (Å²) in [6.07, 6.45) is -3.36. The van der Waals surface area contributed by atoms with E-state index in [4.69, 9.17) is 0 Å². The quantitative estimate of drug-likeness (QED) is 0.687. The number of H-pyrrole nitrogens is 1. The van der Waals surface area contributed by atoms with Gasteiger partial charge in [-0.2, -0.15) is 18.3 Å². The van der Waals surface area contributed by atoms with Crippen molar-refractivity contribution in [1.29, 1.82) is 0 Å². The zero-order valence-electron chi connectivity index (χ0n) is 12.7. The topological polar surface area (TPSA) is 79.0 Å². The standard InChI is InChI=1S/C16H9F3N4O2/c1-7-11-12-10(6-20-13(11)22-21-7)14(24)23(15(12)25)9-4-2-3-8(5-9)16(17,18)19/h2-6H,1H3,(H,20,21,22). The molecule has 4 rings (SSSR count). The summed E-state index contributed by atoms with van der Waals surface area (Å²) in [6.45, 7) is 1.67. The number of alkyl halides is 3. The van der Waals surface area contributed by atoms with E-state index < -0.39 is 23.6 Å². The second-order valence-electron chi connectivity index (χ2n) is 5.59. The predicted octanol–water partition coefficient (Wildman–Crippen LogP) is 3.09. The molecule has 126 valence electrons. The van der Waals surface area contributed by atoms with Crippen molar-refractivity contribution in [3.8, 4) is 0 Å². The Kier molecular flexibility index (Phi) is 2.99. The molecule has 1 aliphatic heterocycles. The van der Waals surface area contributed by atoms with Gasteiger partial charge in [0.05, 0.1) is 27.8 Å². The Morgan fingerprint density at radius 2 is 1.92 bits per heavy atom. The van der Waals surface area contributed by atoms with Crippen molar-refractivity contribution >= 4 is 28.5 Å². The van der Waals surface area contributed by atoms with Crippen LogP contribution in [0.25, 0.3) is 11.0 Å². The Hall–Kier alpha value is -3.23. The number of aryl methyl sites for hydroxylation is 1. The van der Waals surface area contributed by atoms with E-state index in [1.165, 1.54) is 12.3 Å². The van der Waals surface area contributed by atoms with E-state index in [0.29, 0.717) is 11.1 Å². The lowest BCUT2D eigenvalue weighted by Gasteiger charge is -2.16. The van der Waals surface area contributed by atoms with Crippen LogP contribution in [0, 0.1) is 6.92 Å². The molecule has 0 fully saturated rings. The van der Waals surface area contributed by atoms with Crippen LogP contribution in [-0.4, -0.2) is 27.0 Å². The van der Waals surface area contributed by atoms with Crippen molar-refractivity contribution in [3.05, 3.63) is 52.8 Å². The van der Waals surface area contributed by atoms with E-state index in [1.54, 1.807) is 6.92 Å². The molecule has 2 amide bonds. The van der Waals surface area contributed by atoms with Gasteiger partial charge in [-0.15, -0.1) is 0 Å². The fourth-order valence-electron chi connectivity index (χ4n) is 2.90. The summed E-state index contributed by atoms with van der Waals surface area (Å²) >= 11 is 0. The Balaban J connectivity index is 1.89. The summed E-state index contributed by atoms with van der Waals surface area (Å²) in [5.74, 6) is -1.41. The van der Waals surface area contributed by atoms with Crippen LogP contribution < -0.4 is 4.90 Å². The van der Waals surface area contributed by atoms with Crippen LogP contribution in [0.15, 0.2) is 30.5 Å². The van der Waals surface area contributed by atoms with Gasteiger partial charge >= 0.3 is 6.18 Å². The second kappa shape index (κ2) is 4.88.